The van der Waals surface area contributed by atoms with Crippen molar-refractivity contribution in [3.8, 4) is 0 Å². The number of carbonyl (C=O) groups is 2. The van der Waals surface area contributed by atoms with Crippen LogP contribution in [0, 0.1) is 0 Å². The molecule has 1 aromatic carbocycles. The molecular formula is C13H18N2O3. The Morgan fingerprint density at radius 3 is 2.22 bits per heavy atom. The van der Waals surface area contributed by atoms with Crippen LogP contribution in [0.2, 0.25) is 0 Å². The summed E-state index contributed by atoms with van der Waals surface area (Å²) in [6.45, 7) is 1.37. The molecule has 0 aliphatic rings. The summed E-state index contributed by atoms with van der Waals surface area (Å²) in [6.07, 6.45) is 0. The smallest absolute Gasteiger partial charge is 0.337 e. The zero-order chi connectivity index (χ0) is 13.5. The summed E-state index contributed by atoms with van der Waals surface area (Å²) in [5, 5.41) is 2.80. The molecule has 1 amide bonds. The van der Waals surface area contributed by atoms with Crippen molar-refractivity contribution in [2.75, 3.05) is 34.3 Å². The number of nitrogens with one attached hydrogen (secondary N) is 1. The first-order valence-corrected chi connectivity index (χ1v) is 5.66. The second kappa shape index (κ2) is 6.76. The van der Waals surface area contributed by atoms with Gasteiger partial charge < -0.3 is 15.0 Å². The SMILES string of the molecule is COC(=O)c1ccc(C(=O)NCCN(C)C)cc1. The number of rotatable bonds is 5. The Morgan fingerprint density at radius 2 is 1.72 bits per heavy atom. The van der Waals surface area contributed by atoms with Gasteiger partial charge in [0.25, 0.3) is 5.91 Å². The summed E-state index contributed by atoms with van der Waals surface area (Å²) in [5.41, 5.74) is 0.962. The molecule has 0 bridgehead atoms. The molecule has 0 saturated carbocycles. The van der Waals surface area contributed by atoms with Crippen LogP contribution in [-0.4, -0.2) is 51.1 Å². The van der Waals surface area contributed by atoms with E-state index in [-0.39, 0.29) is 5.91 Å². The van der Waals surface area contributed by atoms with Crippen molar-refractivity contribution < 1.29 is 14.3 Å². The molecule has 98 valence electrons. The normalized spacial score (nSPS) is 10.2. The van der Waals surface area contributed by atoms with Gasteiger partial charge in [-0.2, -0.15) is 0 Å². The fraction of sp³-hybridized carbons (Fsp3) is 0.385. The quantitative estimate of drug-likeness (QED) is 0.784. The zero-order valence-electron chi connectivity index (χ0n) is 10.9. The molecule has 0 aliphatic heterocycles. The van der Waals surface area contributed by atoms with Crippen LogP contribution in [0.25, 0.3) is 0 Å². The molecule has 0 aliphatic carbocycles. The fourth-order valence-corrected chi connectivity index (χ4v) is 1.37. The Labute approximate surface area is 107 Å². The third-order valence-corrected chi connectivity index (χ3v) is 2.41. The lowest BCUT2D eigenvalue weighted by Crippen LogP contribution is -2.31. The molecule has 18 heavy (non-hydrogen) atoms. The van der Waals surface area contributed by atoms with Crippen LogP contribution in [0.3, 0.4) is 0 Å². The van der Waals surface area contributed by atoms with Crippen LogP contribution in [0.15, 0.2) is 24.3 Å². The maximum absolute atomic E-state index is 11.7. The summed E-state index contributed by atoms with van der Waals surface area (Å²) < 4.78 is 4.58. The molecule has 1 N–H and O–H groups in total. The number of likely N-dealkylation sites (N-methyl/N-ethyl adjacent to an activating group) is 1. The molecule has 0 spiro atoms. The van der Waals surface area contributed by atoms with Crippen molar-refractivity contribution in [3.63, 3.8) is 0 Å². The van der Waals surface area contributed by atoms with Crippen LogP contribution in [-0.2, 0) is 4.74 Å². The molecule has 5 nitrogen and oxygen atoms in total. The zero-order valence-corrected chi connectivity index (χ0v) is 10.9. The van der Waals surface area contributed by atoms with E-state index in [1.165, 1.54) is 7.11 Å². The number of esters is 1. The van der Waals surface area contributed by atoms with Crippen molar-refractivity contribution in [1.82, 2.24) is 10.2 Å². The van der Waals surface area contributed by atoms with Gasteiger partial charge in [0.15, 0.2) is 0 Å². The predicted octanol–water partition coefficient (Wildman–Crippen LogP) is 0.765. The monoisotopic (exact) mass is 250 g/mol. The van der Waals surface area contributed by atoms with Gasteiger partial charge in [0.2, 0.25) is 0 Å². The maximum Gasteiger partial charge on any atom is 0.337 e. The first-order chi connectivity index (χ1) is 8.54. The first-order valence-electron chi connectivity index (χ1n) is 5.66. The van der Waals surface area contributed by atoms with Gasteiger partial charge in [0, 0.05) is 18.7 Å². The number of benzene rings is 1. The van der Waals surface area contributed by atoms with E-state index in [2.05, 4.69) is 10.1 Å². The average Bonchev–Trinajstić information content (AvgIpc) is 2.37. The largest absolute Gasteiger partial charge is 0.465 e. The highest BCUT2D eigenvalue weighted by Crippen LogP contribution is 2.05. The van der Waals surface area contributed by atoms with E-state index in [4.69, 9.17) is 0 Å². The van der Waals surface area contributed by atoms with Gasteiger partial charge in [-0.15, -0.1) is 0 Å². The van der Waals surface area contributed by atoms with E-state index in [9.17, 15) is 9.59 Å². The number of hydrogen-bond donors (Lipinski definition) is 1. The van der Waals surface area contributed by atoms with Gasteiger partial charge in [-0.05, 0) is 38.4 Å². The molecule has 0 unspecified atom stereocenters. The molecular weight excluding hydrogens is 232 g/mol. The lowest BCUT2D eigenvalue weighted by Gasteiger charge is -2.10. The number of amides is 1. The third-order valence-electron chi connectivity index (χ3n) is 2.41. The molecule has 1 aromatic rings. The van der Waals surface area contributed by atoms with Gasteiger partial charge >= 0.3 is 5.97 Å². The predicted molar refractivity (Wildman–Crippen MR) is 68.7 cm³/mol. The van der Waals surface area contributed by atoms with E-state index in [1.807, 2.05) is 19.0 Å². The van der Waals surface area contributed by atoms with Crippen LogP contribution >= 0.6 is 0 Å². The Balaban J connectivity index is 2.56. The van der Waals surface area contributed by atoms with E-state index >= 15 is 0 Å². The summed E-state index contributed by atoms with van der Waals surface area (Å²) in [4.78, 5) is 24.9. The van der Waals surface area contributed by atoms with Gasteiger partial charge in [-0.3, -0.25) is 4.79 Å². The van der Waals surface area contributed by atoms with Crippen molar-refractivity contribution in [1.29, 1.82) is 0 Å². The van der Waals surface area contributed by atoms with E-state index in [0.717, 1.165) is 6.54 Å². The van der Waals surface area contributed by atoms with Gasteiger partial charge in [0.05, 0.1) is 12.7 Å². The topological polar surface area (TPSA) is 58.6 Å². The number of carbonyl (C=O) groups excluding carboxylic acids is 2. The number of methoxy groups -OCH3 is 1. The van der Waals surface area contributed by atoms with Crippen LogP contribution in [0.4, 0.5) is 0 Å². The Kier molecular flexibility index (Phi) is 5.32. The van der Waals surface area contributed by atoms with Crippen molar-refractivity contribution in [3.05, 3.63) is 35.4 Å². The number of ether oxygens (including phenoxy) is 1. The third kappa shape index (κ3) is 4.18. The Hall–Kier alpha value is -1.88. The molecule has 0 radical (unpaired) electrons. The summed E-state index contributed by atoms with van der Waals surface area (Å²) in [7, 11) is 5.21. The minimum Gasteiger partial charge on any atom is -0.465 e. The molecule has 0 heterocycles. The molecule has 5 heteroatoms. The minimum absolute atomic E-state index is 0.145. The minimum atomic E-state index is -0.408. The van der Waals surface area contributed by atoms with E-state index in [0.29, 0.717) is 17.7 Å². The molecule has 0 atom stereocenters. The number of nitrogens with zero attached hydrogens (tertiary/aromatic N) is 1. The average molecular weight is 250 g/mol. The summed E-state index contributed by atoms with van der Waals surface area (Å²) in [5.74, 6) is -0.553. The van der Waals surface area contributed by atoms with Gasteiger partial charge in [-0.25, -0.2) is 4.79 Å². The second-order valence-corrected chi connectivity index (χ2v) is 4.13. The standard InChI is InChI=1S/C13H18N2O3/c1-15(2)9-8-14-12(16)10-4-6-11(7-5-10)13(17)18-3/h4-7H,8-9H2,1-3H3,(H,14,16). The molecule has 0 fully saturated rings. The molecule has 0 saturated heterocycles. The van der Waals surface area contributed by atoms with Crippen LogP contribution in [0.5, 0.6) is 0 Å². The summed E-state index contributed by atoms with van der Waals surface area (Å²) >= 11 is 0. The summed E-state index contributed by atoms with van der Waals surface area (Å²) in [6, 6.07) is 6.37. The van der Waals surface area contributed by atoms with Gasteiger partial charge in [0.1, 0.15) is 0 Å². The maximum atomic E-state index is 11.7. The van der Waals surface area contributed by atoms with E-state index in [1.54, 1.807) is 24.3 Å². The molecule has 1 rings (SSSR count). The Morgan fingerprint density at radius 1 is 1.17 bits per heavy atom. The van der Waals surface area contributed by atoms with Crippen LogP contribution in [0.1, 0.15) is 20.7 Å². The number of hydrogen-bond acceptors (Lipinski definition) is 4. The fourth-order valence-electron chi connectivity index (χ4n) is 1.37. The Bertz CT molecular complexity index is 413. The highest BCUT2D eigenvalue weighted by molar-refractivity contribution is 5.96. The van der Waals surface area contributed by atoms with Crippen molar-refractivity contribution in [2.45, 2.75) is 0 Å². The molecule has 0 aromatic heterocycles. The lowest BCUT2D eigenvalue weighted by atomic mass is 10.1. The van der Waals surface area contributed by atoms with Gasteiger partial charge in [-0.1, -0.05) is 0 Å². The first kappa shape index (κ1) is 14.2. The van der Waals surface area contributed by atoms with Crippen molar-refractivity contribution >= 4 is 11.9 Å². The second-order valence-electron chi connectivity index (χ2n) is 4.13. The lowest BCUT2D eigenvalue weighted by molar-refractivity contribution is 0.0600. The highest BCUT2D eigenvalue weighted by Gasteiger charge is 2.08. The highest BCUT2D eigenvalue weighted by atomic mass is 16.5. The van der Waals surface area contributed by atoms with Crippen molar-refractivity contribution in [2.24, 2.45) is 0 Å². The van der Waals surface area contributed by atoms with E-state index < -0.39 is 5.97 Å². The van der Waals surface area contributed by atoms with Crippen LogP contribution < -0.4 is 5.32 Å².